The number of rotatable bonds is 4. The quantitative estimate of drug-likeness (QED) is 0.853. The maximum Gasteiger partial charge on any atom is 0.225 e. The van der Waals surface area contributed by atoms with Crippen molar-refractivity contribution in [3.8, 4) is 0 Å². The first kappa shape index (κ1) is 17.0. The summed E-state index contributed by atoms with van der Waals surface area (Å²) in [6.45, 7) is 5.86. The van der Waals surface area contributed by atoms with E-state index in [4.69, 9.17) is 0 Å². The number of amides is 2. The standard InChI is InChI=1S/C16H22BrN3O2/c1-11-10-18-7-8-20(11)16(22)9-15(19-12(2)21)13-3-5-14(17)6-4-13/h3-6,11,15,18H,7-10H2,1-2H3,(H,19,21)/t11-,15?/m1/s1. The Morgan fingerprint density at radius 2 is 2.09 bits per heavy atom. The van der Waals surface area contributed by atoms with Gasteiger partial charge in [0.1, 0.15) is 0 Å². The Kier molecular flexibility index (Phi) is 5.97. The van der Waals surface area contributed by atoms with Crippen molar-refractivity contribution in [2.75, 3.05) is 19.6 Å². The molecule has 2 rings (SSSR count). The van der Waals surface area contributed by atoms with Crippen LogP contribution in [0.15, 0.2) is 28.7 Å². The van der Waals surface area contributed by atoms with Crippen LogP contribution in [-0.4, -0.2) is 42.4 Å². The van der Waals surface area contributed by atoms with Gasteiger partial charge in [-0.1, -0.05) is 28.1 Å². The SMILES string of the molecule is CC(=O)NC(CC(=O)N1CCNC[C@H]1C)c1ccc(Br)cc1. The molecule has 0 spiro atoms. The second-order valence-corrected chi connectivity index (χ2v) is 6.56. The topological polar surface area (TPSA) is 61.4 Å². The fourth-order valence-electron chi connectivity index (χ4n) is 2.70. The fourth-order valence-corrected chi connectivity index (χ4v) is 2.96. The monoisotopic (exact) mass is 367 g/mol. The first-order valence-corrected chi connectivity index (χ1v) is 8.29. The van der Waals surface area contributed by atoms with E-state index in [2.05, 4.69) is 26.6 Å². The number of hydrogen-bond acceptors (Lipinski definition) is 3. The third kappa shape index (κ3) is 4.55. The summed E-state index contributed by atoms with van der Waals surface area (Å²) in [4.78, 5) is 25.9. The van der Waals surface area contributed by atoms with Gasteiger partial charge in [0.15, 0.2) is 0 Å². The highest BCUT2D eigenvalue weighted by Gasteiger charge is 2.26. The lowest BCUT2D eigenvalue weighted by molar-refractivity contribution is -0.134. The molecule has 0 radical (unpaired) electrons. The van der Waals surface area contributed by atoms with Gasteiger partial charge in [0, 0.05) is 37.1 Å². The molecule has 1 aliphatic rings. The number of nitrogens with zero attached hydrogens (tertiary/aromatic N) is 1. The van der Waals surface area contributed by atoms with Gasteiger partial charge in [-0.25, -0.2) is 0 Å². The maximum absolute atomic E-state index is 12.6. The van der Waals surface area contributed by atoms with Gasteiger partial charge in [-0.3, -0.25) is 9.59 Å². The van der Waals surface area contributed by atoms with Crippen molar-refractivity contribution in [1.29, 1.82) is 0 Å². The van der Waals surface area contributed by atoms with Gasteiger partial charge in [-0.2, -0.15) is 0 Å². The summed E-state index contributed by atoms with van der Waals surface area (Å²) in [6.07, 6.45) is 0.283. The molecular weight excluding hydrogens is 346 g/mol. The van der Waals surface area contributed by atoms with Gasteiger partial charge in [-0.15, -0.1) is 0 Å². The molecule has 0 saturated carbocycles. The Balaban J connectivity index is 2.10. The van der Waals surface area contributed by atoms with Crippen molar-refractivity contribution < 1.29 is 9.59 Å². The van der Waals surface area contributed by atoms with E-state index in [0.717, 1.165) is 23.1 Å². The van der Waals surface area contributed by atoms with Crippen LogP contribution in [0.2, 0.25) is 0 Å². The molecule has 1 fully saturated rings. The van der Waals surface area contributed by atoms with E-state index in [-0.39, 0.29) is 30.3 Å². The molecule has 1 unspecified atom stereocenters. The zero-order valence-electron chi connectivity index (χ0n) is 12.9. The lowest BCUT2D eigenvalue weighted by Gasteiger charge is -2.35. The molecule has 5 nitrogen and oxygen atoms in total. The average molecular weight is 368 g/mol. The predicted octanol–water partition coefficient (Wildman–Crippen LogP) is 1.84. The molecule has 0 aliphatic carbocycles. The molecule has 22 heavy (non-hydrogen) atoms. The van der Waals surface area contributed by atoms with Gasteiger partial charge in [0.25, 0.3) is 0 Å². The molecular formula is C16H22BrN3O2. The van der Waals surface area contributed by atoms with Crippen LogP contribution >= 0.6 is 15.9 Å². The number of carbonyl (C=O) groups excluding carboxylic acids is 2. The van der Waals surface area contributed by atoms with Crippen molar-refractivity contribution in [1.82, 2.24) is 15.5 Å². The van der Waals surface area contributed by atoms with Crippen molar-refractivity contribution in [3.63, 3.8) is 0 Å². The van der Waals surface area contributed by atoms with Gasteiger partial charge in [0.2, 0.25) is 11.8 Å². The van der Waals surface area contributed by atoms with E-state index in [1.807, 2.05) is 36.1 Å². The molecule has 2 N–H and O–H groups in total. The number of benzene rings is 1. The highest BCUT2D eigenvalue weighted by atomic mass is 79.9. The Hall–Kier alpha value is -1.40. The number of hydrogen-bond donors (Lipinski definition) is 2. The number of piperazine rings is 1. The molecule has 1 aromatic carbocycles. The van der Waals surface area contributed by atoms with Crippen LogP contribution < -0.4 is 10.6 Å². The Morgan fingerprint density at radius 3 is 2.68 bits per heavy atom. The van der Waals surface area contributed by atoms with Crippen molar-refractivity contribution in [2.45, 2.75) is 32.4 Å². The highest BCUT2D eigenvalue weighted by Crippen LogP contribution is 2.21. The summed E-state index contributed by atoms with van der Waals surface area (Å²) in [5, 5.41) is 6.16. The van der Waals surface area contributed by atoms with Crippen molar-refractivity contribution >= 4 is 27.7 Å². The molecule has 0 bridgehead atoms. The third-order valence-corrected chi connectivity index (χ3v) is 4.38. The summed E-state index contributed by atoms with van der Waals surface area (Å²) in [7, 11) is 0. The first-order chi connectivity index (χ1) is 10.5. The van der Waals surface area contributed by atoms with Crippen LogP contribution in [0.3, 0.4) is 0 Å². The van der Waals surface area contributed by atoms with Crippen LogP contribution in [0.1, 0.15) is 31.9 Å². The van der Waals surface area contributed by atoms with E-state index in [1.54, 1.807) is 0 Å². The molecule has 1 heterocycles. The Bertz CT molecular complexity index is 533. The fraction of sp³-hybridized carbons (Fsp3) is 0.500. The number of halogens is 1. The molecule has 2 amide bonds. The molecule has 1 saturated heterocycles. The van der Waals surface area contributed by atoms with Gasteiger partial charge in [-0.05, 0) is 24.6 Å². The minimum atomic E-state index is -0.291. The predicted molar refractivity (Wildman–Crippen MR) is 89.4 cm³/mol. The highest BCUT2D eigenvalue weighted by molar-refractivity contribution is 9.10. The van der Waals surface area contributed by atoms with E-state index in [1.165, 1.54) is 6.92 Å². The molecule has 1 aliphatic heterocycles. The molecule has 120 valence electrons. The van der Waals surface area contributed by atoms with Gasteiger partial charge in [0.05, 0.1) is 12.5 Å². The number of carbonyl (C=O) groups is 2. The van der Waals surface area contributed by atoms with Crippen LogP contribution in [0.5, 0.6) is 0 Å². The summed E-state index contributed by atoms with van der Waals surface area (Å²) in [6, 6.07) is 7.59. The summed E-state index contributed by atoms with van der Waals surface area (Å²) < 4.78 is 0.972. The lowest BCUT2D eigenvalue weighted by atomic mass is 10.0. The third-order valence-electron chi connectivity index (χ3n) is 3.85. The first-order valence-electron chi connectivity index (χ1n) is 7.50. The van der Waals surface area contributed by atoms with Crippen LogP contribution in [-0.2, 0) is 9.59 Å². The van der Waals surface area contributed by atoms with Crippen LogP contribution in [0.25, 0.3) is 0 Å². The zero-order valence-corrected chi connectivity index (χ0v) is 14.5. The maximum atomic E-state index is 12.6. The average Bonchev–Trinajstić information content (AvgIpc) is 2.47. The minimum absolute atomic E-state index is 0.0793. The molecule has 2 atom stereocenters. The Labute approximate surface area is 139 Å². The normalized spacial score (nSPS) is 19.6. The summed E-state index contributed by atoms with van der Waals surface area (Å²) in [5.41, 5.74) is 0.939. The minimum Gasteiger partial charge on any atom is -0.349 e. The second-order valence-electron chi connectivity index (χ2n) is 5.65. The van der Waals surface area contributed by atoms with E-state index < -0.39 is 0 Å². The Morgan fingerprint density at radius 1 is 1.41 bits per heavy atom. The summed E-state index contributed by atoms with van der Waals surface area (Å²) in [5.74, 6) is -0.0512. The van der Waals surface area contributed by atoms with Crippen molar-refractivity contribution in [3.05, 3.63) is 34.3 Å². The zero-order chi connectivity index (χ0) is 16.1. The van der Waals surface area contributed by atoms with E-state index in [9.17, 15) is 9.59 Å². The molecule has 1 aromatic rings. The van der Waals surface area contributed by atoms with E-state index in [0.29, 0.717) is 6.54 Å². The smallest absolute Gasteiger partial charge is 0.225 e. The number of nitrogens with one attached hydrogen (secondary N) is 2. The van der Waals surface area contributed by atoms with Crippen LogP contribution in [0.4, 0.5) is 0 Å². The van der Waals surface area contributed by atoms with Crippen molar-refractivity contribution in [2.24, 2.45) is 0 Å². The van der Waals surface area contributed by atoms with Crippen LogP contribution in [0, 0.1) is 0 Å². The largest absolute Gasteiger partial charge is 0.349 e. The molecule has 0 aromatic heterocycles. The molecule has 6 heteroatoms. The second kappa shape index (κ2) is 7.74. The lowest BCUT2D eigenvalue weighted by Crippen LogP contribution is -2.52. The van der Waals surface area contributed by atoms with Gasteiger partial charge < -0.3 is 15.5 Å². The van der Waals surface area contributed by atoms with Gasteiger partial charge >= 0.3 is 0 Å². The van der Waals surface area contributed by atoms with E-state index >= 15 is 0 Å². The summed E-state index contributed by atoms with van der Waals surface area (Å²) >= 11 is 3.40.